The van der Waals surface area contributed by atoms with Crippen LogP contribution in [-0.2, 0) is 0 Å². The lowest BCUT2D eigenvalue weighted by molar-refractivity contribution is 0.249. The largest absolute Gasteiger partial charge is 0.334 e. The van der Waals surface area contributed by atoms with Crippen molar-refractivity contribution in [1.82, 2.24) is 10.6 Å². The lowest BCUT2D eigenvalue weighted by atomic mass is 10.1. The molecule has 0 radical (unpaired) electrons. The van der Waals surface area contributed by atoms with Crippen molar-refractivity contribution >= 4 is 23.5 Å². The molecule has 2 rings (SSSR count). The number of amides is 2. The van der Waals surface area contributed by atoms with Gasteiger partial charge in [-0.1, -0.05) is 18.6 Å². The van der Waals surface area contributed by atoms with Gasteiger partial charge in [-0.3, -0.25) is 0 Å². The van der Waals surface area contributed by atoms with Crippen molar-refractivity contribution in [2.24, 2.45) is 0 Å². The second-order valence-corrected chi connectivity index (χ2v) is 6.62. The van der Waals surface area contributed by atoms with Crippen LogP contribution in [-0.4, -0.2) is 30.6 Å². The van der Waals surface area contributed by atoms with Gasteiger partial charge in [0.15, 0.2) is 0 Å². The third kappa shape index (κ3) is 4.38. The first-order valence-corrected chi connectivity index (χ1v) is 8.80. The molecule has 1 aromatic rings. The summed E-state index contributed by atoms with van der Waals surface area (Å²) in [6, 6.07) is 8.43. The highest BCUT2D eigenvalue weighted by atomic mass is 32.2. The molecule has 0 spiro atoms. The molecule has 1 aliphatic carbocycles. The minimum absolute atomic E-state index is 0.102. The molecule has 5 heteroatoms. The summed E-state index contributed by atoms with van der Waals surface area (Å²) in [5.41, 5.74) is 2.00. The van der Waals surface area contributed by atoms with E-state index in [0.29, 0.717) is 11.3 Å². The molecular weight excluding hydrogens is 282 g/mol. The maximum Gasteiger partial charge on any atom is 0.319 e. The third-order valence-electron chi connectivity index (χ3n) is 4.15. The van der Waals surface area contributed by atoms with Crippen LogP contribution in [0.3, 0.4) is 0 Å². The molecule has 0 bridgehead atoms. The van der Waals surface area contributed by atoms with E-state index in [9.17, 15) is 4.79 Å². The van der Waals surface area contributed by atoms with E-state index in [1.165, 1.54) is 12.8 Å². The molecule has 0 aromatic heterocycles. The van der Waals surface area contributed by atoms with Gasteiger partial charge in [-0.05, 0) is 50.8 Å². The van der Waals surface area contributed by atoms with E-state index in [1.807, 2.05) is 37.0 Å². The van der Waals surface area contributed by atoms with Gasteiger partial charge in [0, 0.05) is 23.0 Å². The molecule has 1 aliphatic rings. The minimum atomic E-state index is -0.102. The predicted molar refractivity (Wildman–Crippen MR) is 91.0 cm³/mol. The van der Waals surface area contributed by atoms with Crippen LogP contribution >= 0.6 is 11.8 Å². The highest BCUT2D eigenvalue weighted by molar-refractivity contribution is 7.99. The van der Waals surface area contributed by atoms with Crippen LogP contribution in [0.2, 0.25) is 0 Å². The van der Waals surface area contributed by atoms with Crippen molar-refractivity contribution < 1.29 is 4.79 Å². The van der Waals surface area contributed by atoms with E-state index in [1.54, 1.807) is 0 Å². The molecule has 0 aliphatic heterocycles. The fourth-order valence-electron chi connectivity index (χ4n) is 2.76. The summed E-state index contributed by atoms with van der Waals surface area (Å²) in [5, 5.41) is 9.80. The molecule has 1 saturated carbocycles. The van der Waals surface area contributed by atoms with E-state index in [-0.39, 0.29) is 12.1 Å². The van der Waals surface area contributed by atoms with Crippen molar-refractivity contribution in [3.8, 4) is 0 Å². The standard InChI is InChI=1S/C16H25N3OS/c1-11(17-2)12-6-4-7-13(10-12)18-16(20)19-14-8-5-9-15(14)21-3/h4,6-7,10-11,14-15,17H,5,8-9H2,1-3H3,(H2,18,19,20). The van der Waals surface area contributed by atoms with Gasteiger partial charge in [0.05, 0.1) is 0 Å². The van der Waals surface area contributed by atoms with Crippen molar-refractivity contribution in [1.29, 1.82) is 0 Å². The average molecular weight is 307 g/mol. The lowest BCUT2D eigenvalue weighted by Crippen LogP contribution is -2.41. The average Bonchev–Trinajstić information content (AvgIpc) is 2.93. The SMILES string of the molecule is CNC(C)c1cccc(NC(=O)NC2CCCC2SC)c1. The summed E-state index contributed by atoms with van der Waals surface area (Å²) in [6.45, 7) is 2.10. The van der Waals surface area contributed by atoms with E-state index in [4.69, 9.17) is 0 Å². The Hall–Kier alpha value is -1.20. The monoisotopic (exact) mass is 307 g/mol. The Bertz CT molecular complexity index is 480. The zero-order valence-electron chi connectivity index (χ0n) is 13.0. The number of benzene rings is 1. The quantitative estimate of drug-likeness (QED) is 0.782. The van der Waals surface area contributed by atoms with E-state index in [2.05, 4.69) is 35.2 Å². The van der Waals surface area contributed by atoms with Gasteiger partial charge < -0.3 is 16.0 Å². The molecule has 1 fully saturated rings. The molecule has 0 saturated heterocycles. The maximum absolute atomic E-state index is 12.1. The number of thioether (sulfide) groups is 1. The fourth-order valence-corrected chi connectivity index (χ4v) is 3.70. The second-order valence-electron chi connectivity index (χ2n) is 5.55. The van der Waals surface area contributed by atoms with Crippen LogP contribution in [0, 0.1) is 0 Å². The van der Waals surface area contributed by atoms with Gasteiger partial charge in [-0.15, -0.1) is 0 Å². The number of rotatable bonds is 5. The summed E-state index contributed by atoms with van der Waals surface area (Å²) >= 11 is 1.85. The number of carbonyl (C=O) groups is 1. The van der Waals surface area contributed by atoms with Crippen LogP contribution in [0.1, 0.15) is 37.8 Å². The van der Waals surface area contributed by atoms with Crippen LogP contribution in [0.15, 0.2) is 24.3 Å². The van der Waals surface area contributed by atoms with Crippen molar-refractivity contribution in [2.45, 2.75) is 43.5 Å². The predicted octanol–water partition coefficient (Wildman–Crippen LogP) is 3.37. The van der Waals surface area contributed by atoms with Gasteiger partial charge in [0.1, 0.15) is 0 Å². The first kappa shape index (κ1) is 16.2. The third-order valence-corrected chi connectivity index (χ3v) is 5.32. The lowest BCUT2D eigenvalue weighted by Gasteiger charge is -2.20. The number of urea groups is 1. The first-order chi connectivity index (χ1) is 10.1. The summed E-state index contributed by atoms with van der Waals surface area (Å²) in [4.78, 5) is 12.1. The zero-order valence-corrected chi connectivity index (χ0v) is 13.8. The second kappa shape index (κ2) is 7.71. The first-order valence-electron chi connectivity index (χ1n) is 7.51. The van der Waals surface area contributed by atoms with Crippen molar-refractivity contribution in [2.75, 3.05) is 18.6 Å². The Morgan fingerprint density at radius 1 is 1.38 bits per heavy atom. The van der Waals surface area contributed by atoms with Crippen LogP contribution in [0.4, 0.5) is 10.5 Å². The molecule has 3 N–H and O–H groups in total. The topological polar surface area (TPSA) is 53.2 Å². The highest BCUT2D eigenvalue weighted by Gasteiger charge is 2.27. The van der Waals surface area contributed by atoms with Crippen LogP contribution in [0.25, 0.3) is 0 Å². The zero-order chi connectivity index (χ0) is 15.2. The van der Waals surface area contributed by atoms with Gasteiger partial charge in [0.25, 0.3) is 0 Å². The Balaban J connectivity index is 1.93. The summed E-state index contributed by atoms with van der Waals surface area (Å²) in [5.74, 6) is 0. The molecule has 0 heterocycles. The summed E-state index contributed by atoms with van der Waals surface area (Å²) in [6.07, 6.45) is 5.59. The Morgan fingerprint density at radius 3 is 2.90 bits per heavy atom. The number of hydrogen-bond donors (Lipinski definition) is 3. The molecule has 3 atom stereocenters. The van der Waals surface area contributed by atoms with Gasteiger partial charge in [0.2, 0.25) is 0 Å². The molecule has 116 valence electrons. The Morgan fingerprint density at radius 2 is 2.19 bits per heavy atom. The highest BCUT2D eigenvalue weighted by Crippen LogP contribution is 2.28. The molecule has 2 amide bonds. The van der Waals surface area contributed by atoms with E-state index in [0.717, 1.165) is 17.7 Å². The maximum atomic E-state index is 12.1. The Kier molecular flexibility index (Phi) is 5.94. The minimum Gasteiger partial charge on any atom is -0.334 e. The molecule has 1 aromatic carbocycles. The number of hydrogen-bond acceptors (Lipinski definition) is 3. The number of anilines is 1. The van der Waals surface area contributed by atoms with Gasteiger partial charge in [-0.25, -0.2) is 4.79 Å². The van der Waals surface area contributed by atoms with Crippen LogP contribution in [0.5, 0.6) is 0 Å². The smallest absolute Gasteiger partial charge is 0.319 e. The Labute approximate surface area is 131 Å². The molecular formula is C16H25N3OS. The molecule has 4 nitrogen and oxygen atoms in total. The molecule has 3 unspecified atom stereocenters. The number of nitrogens with one attached hydrogen (secondary N) is 3. The summed E-state index contributed by atoms with van der Waals surface area (Å²) < 4.78 is 0. The fraction of sp³-hybridized carbons (Fsp3) is 0.562. The van der Waals surface area contributed by atoms with E-state index < -0.39 is 0 Å². The van der Waals surface area contributed by atoms with Gasteiger partial charge in [-0.2, -0.15) is 11.8 Å². The van der Waals surface area contributed by atoms with Crippen molar-refractivity contribution in [3.63, 3.8) is 0 Å². The summed E-state index contributed by atoms with van der Waals surface area (Å²) in [7, 11) is 1.93. The number of carbonyl (C=O) groups excluding carboxylic acids is 1. The van der Waals surface area contributed by atoms with Crippen LogP contribution < -0.4 is 16.0 Å². The normalized spacial score (nSPS) is 22.8. The van der Waals surface area contributed by atoms with E-state index >= 15 is 0 Å². The van der Waals surface area contributed by atoms with Crippen molar-refractivity contribution in [3.05, 3.63) is 29.8 Å². The van der Waals surface area contributed by atoms with Gasteiger partial charge >= 0.3 is 6.03 Å². The molecule has 21 heavy (non-hydrogen) atoms.